The van der Waals surface area contributed by atoms with Gasteiger partial charge in [0.2, 0.25) is 0 Å². The van der Waals surface area contributed by atoms with Crippen molar-refractivity contribution in [1.82, 2.24) is 0 Å². The molecule has 220 valence electrons. The van der Waals surface area contributed by atoms with E-state index in [1.165, 1.54) is 44.9 Å². The molecule has 13 nitrogen and oxygen atoms in total. The molecule has 0 unspecified atom stereocenters. The summed E-state index contributed by atoms with van der Waals surface area (Å²) in [4.78, 5) is 10.2. The van der Waals surface area contributed by atoms with Crippen molar-refractivity contribution in [3.8, 4) is 0 Å². The minimum atomic E-state index is -1.72. The van der Waals surface area contributed by atoms with Crippen molar-refractivity contribution in [2.45, 2.75) is 133 Å². The minimum absolute atomic E-state index is 0.343. The molecule has 2 fully saturated rings. The predicted octanol–water partition coefficient (Wildman–Crippen LogP) is -1.41. The first-order valence-electron chi connectivity index (χ1n) is 13.1. The van der Waals surface area contributed by atoms with Crippen LogP contribution in [0.3, 0.4) is 0 Å². The van der Waals surface area contributed by atoms with E-state index in [9.17, 15) is 35.4 Å². The molecule has 2 rings (SSSR count). The molecule has 2 saturated heterocycles. The maximum Gasteiger partial charge on any atom is 0.303 e. The zero-order valence-corrected chi connectivity index (χ0v) is 21.4. The molecule has 0 spiro atoms. The number of aliphatic hydroxyl groups excluding tert-OH is 8. The van der Waals surface area contributed by atoms with Crippen molar-refractivity contribution in [2.75, 3.05) is 13.2 Å². The smallest absolute Gasteiger partial charge is 0.303 e. The highest BCUT2D eigenvalue weighted by Crippen LogP contribution is 2.27. The molecule has 0 aromatic carbocycles. The molecular weight excluding hydrogens is 496 g/mol. The molecule has 9 N–H and O–H groups in total. The van der Waals surface area contributed by atoms with Crippen LogP contribution in [-0.2, 0) is 19.0 Å². The van der Waals surface area contributed by atoms with Gasteiger partial charge in [-0.15, -0.1) is 0 Å². The third-order valence-corrected chi connectivity index (χ3v) is 6.46. The molecule has 0 radical (unpaired) electrons. The number of aliphatic carboxylic acids is 1. The first-order valence-corrected chi connectivity index (χ1v) is 13.1. The largest absolute Gasteiger partial charge is 0.481 e. The Morgan fingerprint density at radius 2 is 1.00 bits per heavy atom. The Balaban J connectivity index is 0.000000422. The van der Waals surface area contributed by atoms with Gasteiger partial charge in [0.1, 0.15) is 48.8 Å². The van der Waals surface area contributed by atoms with Crippen molar-refractivity contribution in [2.24, 2.45) is 0 Å². The molecule has 0 aromatic rings. The zero-order chi connectivity index (χ0) is 28.0. The summed E-state index contributed by atoms with van der Waals surface area (Å²) in [6.45, 7) is 0.894. The lowest BCUT2D eigenvalue weighted by molar-refractivity contribution is -0.376. The van der Waals surface area contributed by atoms with Gasteiger partial charge in [0.15, 0.2) is 12.6 Å². The number of hydrogen-bond donors (Lipinski definition) is 9. The Hall–Kier alpha value is -0.970. The third-order valence-electron chi connectivity index (χ3n) is 6.46. The number of aliphatic hydroxyl groups is 8. The first kappa shape index (κ1) is 34.1. The topological polar surface area (TPSA) is 227 Å². The summed E-state index contributed by atoms with van der Waals surface area (Å²) in [5.74, 6) is -0.659. The van der Waals surface area contributed by atoms with Gasteiger partial charge in [-0.05, 0) is 6.42 Å². The minimum Gasteiger partial charge on any atom is -0.481 e. The van der Waals surface area contributed by atoms with Crippen LogP contribution in [0.2, 0.25) is 0 Å². The van der Waals surface area contributed by atoms with Gasteiger partial charge >= 0.3 is 5.97 Å². The summed E-state index contributed by atoms with van der Waals surface area (Å²) < 4.78 is 15.3. The number of rotatable bonds is 14. The van der Waals surface area contributed by atoms with Crippen LogP contribution in [0.1, 0.15) is 71.1 Å². The lowest BCUT2D eigenvalue weighted by Gasteiger charge is -2.44. The summed E-state index contributed by atoms with van der Waals surface area (Å²) in [6.07, 6.45) is -4.11. The fourth-order valence-corrected chi connectivity index (χ4v) is 4.08. The molecule has 2 aliphatic rings. The second-order valence-corrected chi connectivity index (χ2v) is 9.50. The van der Waals surface area contributed by atoms with Crippen LogP contribution in [0.15, 0.2) is 0 Å². The van der Waals surface area contributed by atoms with Crippen molar-refractivity contribution in [3.63, 3.8) is 0 Å². The van der Waals surface area contributed by atoms with Crippen LogP contribution in [0.5, 0.6) is 0 Å². The van der Waals surface area contributed by atoms with Gasteiger partial charge in [0.05, 0.1) is 13.2 Å². The molecule has 0 aromatic heterocycles. The van der Waals surface area contributed by atoms with Gasteiger partial charge in [0.25, 0.3) is 0 Å². The van der Waals surface area contributed by atoms with Gasteiger partial charge in [-0.1, -0.05) is 58.3 Å². The van der Waals surface area contributed by atoms with Gasteiger partial charge in [0, 0.05) is 6.42 Å². The summed E-state index contributed by atoms with van der Waals surface area (Å²) in [5.41, 5.74) is 0. The van der Waals surface area contributed by atoms with E-state index in [0.717, 1.165) is 12.8 Å². The lowest BCUT2D eigenvalue weighted by atomic mass is 9.98. The number of hydrogen-bond acceptors (Lipinski definition) is 12. The zero-order valence-electron chi connectivity index (χ0n) is 21.4. The van der Waals surface area contributed by atoms with Crippen LogP contribution in [0.25, 0.3) is 0 Å². The van der Waals surface area contributed by atoms with Crippen molar-refractivity contribution >= 4 is 5.97 Å². The number of ether oxygens (including phenoxy) is 3. The SMILES string of the molecule is CCCCCCCCCCCC(=O)O.OC[C@H]1O[C@H](O[C@H]2O[C@H](CO)[C@@H](O)[C@H](O)[C@H]2O)[C@H](O)[C@@H](O)[C@@H]1O. The highest BCUT2D eigenvalue weighted by Gasteiger charge is 2.49. The van der Waals surface area contributed by atoms with E-state index in [0.29, 0.717) is 6.42 Å². The van der Waals surface area contributed by atoms with E-state index in [1.54, 1.807) is 0 Å². The molecule has 37 heavy (non-hydrogen) atoms. The van der Waals surface area contributed by atoms with E-state index < -0.39 is 80.6 Å². The molecule has 0 saturated carbocycles. The van der Waals surface area contributed by atoms with Crippen LogP contribution in [0, 0.1) is 0 Å². The number of carboxylic acids is 1. The fraction of sp³-hybridized carbons (Fsp3) is 0.958. The maximum absolute atomic E-state index is 10.2. The standard InChI is InChI=1S/C12H22O11.C12H24O2/c13-1-3-5(15)7(17)9(19)11(21-3)23-12-10(20)8(18)6(16)4(2-14)22-12;1-2-3-4-5-6-7-8-9-10-11-12(13)14/h3-20H,1-2H2;2-11H2,1H3,(H,13,14)/t3-,4-,5-,6-,7+,8+,9-,10-,11-,12-;/m1./s1. The summed E-state index contributed by atoms with van der Waals surface area (Å²) in [6, 6.07) is 0. The second kappa shape index (κ2) is 18.3. The highest BCUT2D eigenvalue weighted by atomic mass is 16.8. The molecule has 0 bridgehead atoms. The highest BCUT2D eigenvalue weighted by molar-refractivity contribution is 5.66. The number of carbonyl (C=O) groups is 1. The Kier molecular flexibility index (Phi) is 16.9. The van der Waals surface area contributed by atoms with E-state index in [-0.39, 0.29) is 0 Å². The predicted molar refractivity (Wildman–Crippen MR) is 128 cm³/mol. The Morgan fingerprint density at radius 3 is 1.35 bits per heavy atom. The normalized spacial score (nSPS) is 36.0. The number of carboxylic acid groups (broad SMARTS) is 1. The Labute approximate surface area is 217 Å². The van der Waals surface area contributed by atoms with Crippen LogP contribution < -0.4 is 0 Å². The molecule has 0 amide bonds. The molecule has 10 atom stereocenters. The summed E-state index contributed by atoms with van der Waals surface area (Å²) in [7, 11) is 0. The number of unbranched alkanes of at least 4 members (excludes halogenated alkanes) is 8. The van der Waals surface area contributed by atoms with Crippen molar-refractivity contribution < 1.29 is 65.0 Å². The molecule has 2 aliphatic heterocycles. The van der Waals surface area contributed by atoms with E-state index in [4.69, 9.17) is 29.5 Å². The van der Waals surface area contributed by atoms with Gasteiger partial charge < -0.3 is 60.2 Å². The third kappa shape index (κ3) is 11.3. The van der Waals surface area contributed by atoms with Gasteiger partial charge in [-0.2, -0.15) is 0 Å². The average Bonchev–Trinajstić information content (AvgIpc) is 2.88. The molecule has 13 heteroatoms. The van der Waals surface area contributed by atoms with E-state index >= 15 is 0 Å². The lowest BCUT2D eigenvalue weighted by Crippen LogP contribution is -2.63. The monoisotopic (exact) mass is 542 g/mol. The summed E-state index contributed by atoms with van der Waals surface area (Å²) in [5, 5.41) is 84.9. The maximum atomic E-state index is 10.2. The molecular formula is C24H46O13. The second-order valence-electron chi connectivity index (χ2n) is 9.50. The summed E-state index contributed by atoms with van der Waals surface area (Å²) >= 11 is 0. The van der Waals surface area contributed by atoms with Crippen LogP contribution in [-0.4, -0.2) is 127 Å². The molecule has 0 aliphatic carbocycles. The van der Waals surface area contributed by atoms with Crippen LogP contribution in [0.4, 0.5) is 0 Å². The Morgan fingerprint density at radius 1 is 0.622 bits per heavy atom. The van der Waals surface area contributed by atoms with Crippen LogP contribution >= 0.6 is 0 Å². The first-order chi connectivity index (χ1) is 17.6. The van der Waals surface area contributed by atoms with Crippen molar-refractivity contribution in [3.05, 3.63) is 0 Å². The van der Waals surface area contributed by atoms with E-state index in [1.807, 2.05) is 0 Å². The molecule has 2 heterocycles. The van der Waals surface area contributed by atoms with Gasteiger partial charge in [-0.3, -0.25) is 4.79 Å². The fourth-order valence-electron chi connectivity index (χ4n) is 4.08. The van der Waals surface area contributed by atoms with E-state index in [2.05, 4.69) is 6.92 Å². The quantitative estimate of drug-likeness (QED) is 0.115. The van der Waals surface area contributed by atoms with Gasteiger partial charge in [-0.25, -0.2) is 0 Å². The van der Waals surface area contributed by atoms with Crippen molar-refractivity contribution in [1.29, 1.82) is 0 Å². The Bertz CT molecular complexity index is 571. The average molecular weight is 543 g/mol.